The van der Waals surface area contributed by atoms with Crippen molar-refractivity contribution in [1.29, 1.82) is 0 Å². The Bertz CT molecular complexity index is 377. The molecule has 0 aliphatic heterocycles. The van der Waals surface area contributed by atoms with Gasteiger partial charge in [-0.05, 0) is 24.8 Å². The van der Waals surface area contributed by atoms with Crippen LogP contribution in [0, 0.1) is 0 Å². The number of nitrogens with one attached hydrogen (secondary N) is 1. The molecule has 0 saturated carbocycles. The van der Waals surface area contributed by atoms with Crippen molar-refractivity contribution in [3.8, 4) is 0 Å². The van der Waals surface area contributed by atoms with Crippen LogP contribution in [0.15, 0.2) is 17.5 Å². The normalized spacial score (nSPS) is 12.1. The lowest BCUT2D eigenvalue weighted by atomic mass is 10.2. The highest BCUT2D eigenvalue weighted by molar-refractivity contribution is 7.10. The molecule has 0 aromatic carbocycles. The Labute approximate surface area is 110 Å². The largest absolute Gasteiger partial charge is 0.479 e. The molecule has 100 valence electrons. The van der Waals surface area contributed by atoms with E-state index in [1.165, 1.54) is 11.3 Å². The van der Waals surface area contributed by atoms with Gasteiger partial charge < -0.3 is 15.2 Å². The van der Waals surface area contributed by atoms with Crippen molar-refractivity contribution in [2.45, 2.75) is 25.8 Å². The first-order valence-corrected chi connectivity index (χ1v) is 6.66. The molecule has 1 atom stereocenters. The lowest BCUT2D eigenvalue weighted by Crippen LogP contribution is -2.33. The van der Waals surface area contributed by atoms with Crippen molar-refractivity contribution < 1.29 is 19.4 Å². The van der Waals surface area contributed by atoms with Crippen LogP contribution >= 0.6 is 11.3 Å². The van der Waals surface area contributed by atoms with E-state index in [2.05, 4.69) is 5.32 Å². The Morgan fingerprint density at radius 2 is 2.33 bits per heavy atom. The molecule has 18 heavy (non-hydrogen) atoms. The number of hydrogen-bond donors (Lipinski definition) is 2. The Morgan fingerprint density at radius 3 is 2.89 bits per heavy atom. The minimum atomic E-state index is -1.05. The molecule has 0 spiro atoms. The number of amides is 1. The Balaban J connectivity index is 2.42. The van der Waals surface area contributed by atoms with Crippen LogP contribution in [-0.2, 0) is 14.3 Å². The zero-order valence-electron chi connectivity index (χ0n) is 10.2. The summed E-state index contributed by atoms with van der Waals surface area (Å²) >= 11 is 1.31. The van der Waals surface area contributed by atoms with Crippen molar-refractivity contribution in [2.24, 2.45) is 0 Å². The summed E-state index contributed by atoms with van der Waals surface area (Å²) in [6.45, 7) is 3.02. The van der Waals surface area contributed by atoms with E-state index < -0.39 is 12.0 Å². The number of carbonyl (C=O) groups excluding carboxylic acids is 1. The quantitative estimate of drug-likeness (QED) is 0.707. The monoisotopic (exact) mass is 271 g/mol. The summed E-state index contributed by atoms with van der Waals surface area (Å²) < 4.78 is 5.11. The molecule has 6 heteroatoms. The molecule has 0 bridgehead atoms. The Morgan fingerprint density at radius 1 is 1.56 bits per heavy atom. The molecule has 0 radical (unpaired) electrons. The maximum atomic E-state index is 11.6. The minimum absolute atomic E-state index is 0.268. The number of carbonyl (C=O) groups is 2. The van der Waals surface area contributed by atoms with Crippen molar-refractivity contribution in [3.63, 3.8) is 0 Å². The SMILES string of the molecule is CCOCCCC(=O)NC(C(=O)O)c1cccs1. The van der Waals surface area contributed by atoms with Gasteiger partial charge in [-0.2, -0.15) is 0 Å². The van der Waals surface area contributed by atoms with Gasteiger partial charge in [0.15, 0.2) is 6.04 Å². The second-order valence-corrected chi connectivity index (χ2v) is 4.63. The van der Waals surface area contributed by atoms with Gasteiger partial charge in [0.25, 0.3) is 0 Å². The Hall–Kier alpha value is -1.40. The van der Waals surface area contributed by atoms with E-state index in [9.17, 15) is 9.59 Å². The van der Waals surface area contributed by atoms with Gasteiger partial charge in [0, 0.05) is 24.5 Å². The highest BCUT2D eigenvalue weighted by Gasteiger charge is 2.22. The van der Waals surface area contributed by atoms with Crippen LogP contribution < -0.4 is 5.32 Å². The van der Waals surface area contributed by atoms with Gasteiger partial charge in [-0.1, -0.05) is 6.07 Å². The summed E-state index contributed by atoms with van der Waals surface area (Å²) in [4.78, 5) is 23.3. The first-order valence-electron chi connectivity index (χ1n) is 5.78. The number of rotatable bonds is 8. The second kappa shape index (κ2) is 7.84. The summed E-state index contributed by atoms with van der Waals surface area (Å²) in [5.41, 5.74) is 0. The number of ether oxygens (including phenoxy) is 1. The molecule has 2 N–H and O–H groups in total. The number of carboxylic acids is 1. The van der Waals surface area contributed by atoms with E-state index >= 15 is 0 Å². The molecule has 1 aromatic heterocycles. The first kappa shape index (κ1) is 14.7. The third kappa shape index (κ3) is 4.85. The van der Waals surface area contributed by atoms with Crippen LogP contribution in [0.25, 0.3) is 0 Å². The van der Waals surface area contributed by atoms with Gasteiger partial charge in [0.1, 0.15) is 0 Å². The molecule has 0 aliphatic carbocycles. The van der Waals surface area contributed by atoms with Crippen LogP contribution in [0.4, 0.5) is 0 Å². The summed E-state index contributed by atoms with van der Waals surface area (Å²) in [5, 5.41) is 13.4. The maximum Gasteiger partial charge on any atom is 0.331 e. The maximum absolute atomic E-state index is 11.6. The number of thiophene rings is 1. The van der Waals surface area contributed by atoms with Gasteiger partial charge in [-0.15, -0.1) is 11.3 Å². The zero-order valence-corrected chi connectivity index (χ0v) is 11.0. The average molecular weight is 271 g/mol. The van der Waals surface area contributed by atoms with Crippen LogP contribution in [0.5, 0.6) is 0 Å². The molecule has 0 fully saturated rings. The number of aliphatic carboxylic acids is 1. The molecule has 1 aromatic rings. The van der Waals surface area contributed by atoms with E-state index in [0.29, 0.717) is 24.5 Å². The van der Waals surface area contributed by atoms with Gasteiger partial charge in [0.05, 0.1) is 0 Å². The number of hydrogen-bond acceptors (Lipinski definition) is 4. The molecule has 0 saturated heterocycles. The van der Waals surface area contributed by atoms with Gasteiger partial charge in [0.2, 0.25) is 5.91 Å². The van der Waals surface area contributed by atoms with Crippen molar-refractivity contribution in [3.05, 3.63) is 22.4 Å². The fourth-order valence-corrected chi connectivity index (χ4v) is 2.19. The highest BCUT2D eigenvalue weighted by atomic mass is 32.1. The van der Waals surface area contributed by atoms with Crippen LogP contribution in [-0.4, -0.2) is 30.2 Å². The van der Waals surface area contributed by atoms with Crippen LogP contribution in [0.3, 0.4) is 0 Å². The zero-order chi connectivity index (χ0) is 13.4. The molecule has 1 amide bonds. The van der Waals surface area contributed by atoms with Gasteiger partial charge in [-0.3, -0.25) is 4.79 Å². The fourth-order valence-electron chi connectivity index (χ4n) is 1.42. The highest BCUT2D eigenvalue weighted by Crippen LogP contribution is 2.19. The molecule has 1 rings (SSSR count). The van der Waals surface area contributed by atoms with Crippen molar-refractivity contribution in [1.82, 2.24) is 5.32 Å². The predicted octanol–water partition coefficient (Wildman–Crippen LogP) is 1.81. The summed E-state index contributed by atoms with van der Waals surface area (Å²) in [6, 6.07) is 2.51. The van der Waals surface area contributed by atoms with Gasteiger partial charge >= 0.3 is 5.97 Å². The predicted molar refractivity (Wildman–Crippen MR) is 68.6 cm³/mol. The molecule has 1 unspecified atom stereocenters. The topological polar surface area (TPSA) is 75.6 Å². The molecule has 5 nitrogen and oxygen atoms in total. The van der Waals surface area contributed by atoms with E-state index in [1.54, 1.807) is 17.5 Å². The summed E-state index contributed by atoms with van der Waals surface area (Å²) in [5.74, 6) is -1.31. The smallest absolute Gasteiger partial charge is 0.331 e. The van der Waals surface area contributed by atoms with E-state index in [1.807, 2.05) is 6.92 Å². The molecular formula is C12H17NO4S. The Kier molecular flexibility index (Phi) is 6.38. The first-order chi connectivity index (χ1) is 8.65. The molecule has 1 heterocycles. The fraction of sp³-hybridized carbons (Fsp3) is 0.500. The van der Waals surface area contributed by atoms with E-state index in [4.69, 9.17) is 9.84 Å². The van der Waals surface area contributed by atoms with Gasteiger partial charge in [-0.25, -0.2) is 4.79 Å². The van der Waals surface area contributed by atoms with Crippen LogP contribution in [0.2, 0.25) is 0 Å². The molecule has 0 aliphatic rings. The number of carboxylic acid groups (broad SMARTS) is 1. The summed E-state index contributed by atoms with van der Waals surface area (Å²) in [7, 11) is 0. The van der Waals surface area contributed by atoms with E-state index in [0.717, 1.165) is 0 Å². The van der Waals surface area contributed by atoms with Crippen LogP contribution in [0.1, 0.15) is 30.7 Å². The molecular weight excluding hydrogens is 254 g/mol. The minimum Gasteiger partial charge on any atom is -0.479 e. The third-order valence-electron chi connectivity index (χ3n) is 2.28. The second-order valence-electron chi connectivity index (χ2n) is 3.65. The summed E-state index contributed by atoms with van der Waals surface area (Å²) in [6.07, 6.45) is 0.867. The van der Waals surface area contributed by atoms with E-state index in [-0.39, 0.29) is 12.3 Å². The lowest BCUT2D eigenvalue weighted by molar-refractivity contribution is -0.142. The van der Waals surface area contributed by atoms with Crippen molar-refractivity contribution in [2.75, 3.05) is 13.2 Å². The standard InChI is InChI=1S/C12H17NO4S/c1-2-17-7-3-6-10(14)13-11(12(15)16)9-5-4-8-18-9/h4-5,8,11H,2-3,6-7H2,1H3,(H,13,14)(H,15,16). The van der Waals surface area contributed by atoms with Crippen molar-refractivity contribution >= 4 is 23.2 Å². The lowest BCUT2D eigenvalue weighted by Gasteiger charge is -2.12. The average Bonchev–Trinajstić information content (AvgIpc) is 2.85. The third-order valence-corrected chi connectivity index (χ3v) is 3.21.